The van der Waals surface area contributed by atoms with Gasteiger partial charge in [-0.05, 0) is 35.9 Å². The number of nitrogens with zero attached hydrogens (tertiary/aromatic N) is 5. The van der Waals surface area contributed by atoms with E-state index in [0.717, 1.165) is 22.0 Å². The van der Waals surface area contributed by atoms with Crippen molar-refractivity contribution in [3.05, 3.63) is 77.5 Å². The number of anilines is 1. The van der Waals surface area contributed by atoms with Crippen LogP contribution in [0.15, 0.2) is 65.6 Å². The van der Waals surface area contributed by atoms with Crippen molar-refractivity contribution < 1.29 is 8.91 Å². The summed E-state index contributed by atoms with van der Waals surface area (Å²) in [7, 11) is 1.84. The number of H-pyrrole nitrogens is 1. The molecule has 6 aromatic rings. The molecule has 168 valence electrons. The van der Waals surface area contributed by atoms with Crippen LogP contribution in [0.3, 0.4) is 0 Å². The highest BCUT2D eigenvalue weighted by Gasteiger charge is 2.14. The molecule has 0 atom stereocenters. The molecule has 2 N–H and O–H groups in total. The summed E-state index contributed by atoms with van der Waals surface area (Å²) in [5, 5.41) is 12.6. The number of halogens is 2. The topological polar surface area (TPSA) is 97.5 Å². The molecule has 10 heteroatoms. The highest BCUT2D eigenvalue weighted by Crippen LogP contribution is 2.30. The molecule has 0 aliphatic carbocycles. The van der Waals surface area contributed by atoms with Gasteiger partial charge in [0, 0.05) is 42.1 Å². The standard InChI is InChI=1S/C24H17ClFN7O/c1-33-12-15(11-29-33)22-30-21-17(6-7-27-24(21)31-22)13-2-3-14(19(26)8-13)10-28-23-18-9-16(25)4-5-20(18)34-32-23/h2-9,11-12H,10H2,1H3,(H,28,32)(H,27,30,31). The Morgan fingerprint density at radius 1 is 1.15 bits per heavy atom. The Morgan fingerprint density at radius 3 is 2.88 bits per heavy atom. The summed E-state index contributed by atoms with van der Waals surface area (Å²) in [6, 6.07) is 12.2. The third kappa shape index (κ3) is 3.56. The minimum atomic E-state index is -0.340. The van der Waals surface area contributed by atoms with E-state index >= 15 is 4.39 Å². The second-order valence-electron chi connectivity index (χ2n) is 7.88. The quantitative estimate of drug-likeness (QED) is 0.339. The van der Waals surface area contributed by atoms with E-state index in [2.05, 4.69) is 30.5 Å². The number of pyridine rings is 1. The van der Waals surface area contributed by atoms with E-state index in [1.165, 1.54) is 6.07 Å². The van der Waals surface area contributed by atoms with Crippen LogP contribution < -0.4 is 5.32 Å². The van der Waals surface area contributed by atoms with Crippen molar-refractivity contribution >= 4 is 39.6 Å². The molecule has 0 saturated carbocycles. The van der Waals surface area contributed by atoms with Crippen molar-refractivity contribution in [1.29, 1.82) is 0 Å². The van der Waals surface area contributed by atoms with Gasteiger partial charge in [0.05, 0.1) is 22.7 Å². The smallest absolute Gasteiger partial charge is 0.178 e. The van der Waals surface area contributed by atoms with Gasteiger partial charge < -0.3 is 14.8 Å². The third-order valence-electron chi connectivity index (χ3n) is 5.61. The zero-order valence-electron chi connectivity index (χ0n) is 17.9. The molecule has 0 aliphatic rings. The SMILES string of the molecule is Cn1cc(-c2nc3nccc(-c4ccc(CNc5noc6ccc(Cl)cc56)c(F)c4)c3[nH]2)cn1. The number of hydrogen-bond donors (Lipinski definition) is 2. The molecule has 0 bridgehead atoms. The van der Waals surface area contributed by atoms with Crippen LogP contribution in [-0.4, -0.2) is 29.9 Å². The van der Waals surface area contributed by atoms with Crippen LogP contribution in [0.25, 0.3) is 44.6 Å². The highest BCUT2D eigenvalue weighted by molar-refractivity contribution is 6.31. The Morgan fingerprint density at radius 2 is 2.06 bits per heavy atom. The van der Waals surface area contributed by atoms with Crippen LogP contribution in [0.1, 0.15) is 5.56 Å². The van der Waals surface area contributed by atoms with E-state index in [0.29, 0.717) is 39.0 Å². The average molecular weight is 474 g/mol. The van der Waals surface area contributed by atoms with Crippen LogP contribution in [0.4, 0.5) is 10.2 Å². The maximum atomic E-state index is 15.1. The Kier molecular flexibility index (Phi) is 4.77. The minimum absolute atomic E-state index is 0.237. The van der Waals surface area contributed by atoms with Crippen LogP contribution in [0.5, 0.6) is 0 Å². The van der Waals surface area contributed by atoms with E-state index in [9.17, 15) is 0 Å². The number of rotatable bonds is 5. The van der Waals surface area contributed by atoms with E-state index in [-0.39, 0.29) is 12.4 Å². The van der Waals surface area contributed by atoms with Crippen molar-refractivity contribution in [2.75, 3.05) is 5.32 Å². The lowest BCUT2D eigenvalue weighted by molar-refractivity contribution is 0.459. The van der Waals surface area contributed by atoms with Gasteiger partial charge in [0.1, 0.15) is 11.6 Å². The molecule has 0 saturated heterocycles. The van der Waals surface area contributed by atoms with Gasteiger partial charge in [-0.2, -0.15) is 5.10 Å². The number of fused-ring (bicyclic) bond motifs is 2. The molecule has 4 aromatic heterocycles. The molecule has 8 nitrogen and oxygen atoms in total. The van der Waals surface area contributed by atoms with E-state index in [1.807, 2.05) is 25.4 Å². The van der Waals surface area contributed by atoms with Gasteiger partial charge in [-0.15, -0.1) is 0 Å². The summed E-state index contributed by atoms with van der Waals surface area (Å²) in [4.78, 5) is 12.2. The minimum Gasteiger partial charge on any atom is -0.363 e. The maximum absolute atomic E-state index is 15.1. The number of aryl methyl sites for hydroxylation is 1. The number of aromatic nitrogens is 6. The first-order valence-corrected chi connectivity index (χ1v) is 10.8. The zero-order chi connectivity index (χ0) is 23.2. The molecule has 0 fully saturated rings. The Balaban J connectivity index is 1.29. The monoisotopic (exact) mass is 473 g/mol. The molecule has 0 spiro atoms. The average Bonchev–Trinajstić information content (AvgIpc) is 3.55. The molecular weight excluding hydrogens is 457 g/mol. The summed E-state index contributed by atoms with van der Waals surface area (Å²) in [5.74, 6) is 0.828. The van der Waals surface area contributed by atoms with Gasteiger partial charge in [0.2, 0.25) is 0 Å². The number of hydrogen-bond acceptors (Lipinski definition) is 6. The van der Waals surface area contributed by atoms with Crippen molar-refractivity contribution in [1.82, 2.24) is 29.9 Å². The first-order valence-electron chi connectivity index (χ1n) is 10.5. The fourth-order valence-electron chi connectivity index (χ4n) is 3.91. The van der Waals surface area contributed by atoms with Gasteiger partial charge in [-0.1, -0.05) is 28.9 Å². The fourth-order valence-corrected chi connectivity index (χ4v) is 4.08. The number of nitrogens with one attached hydrogen (secondary N) is 2. The van der Waals surface area contributed by atoms with Crippen molar-refractivity contribution in [3.63, 3.8) is 0 Å². The first-order chi connectivity index (χ1) is 16.5. The van der Waals surface area contributed by atoms with Crippen molar-refractivity contribution in [2.45, 2.75) is 6.54 Å². The lowest BCUT2D eigenvalue weighted by Crippen LogP contribution is -2.02. The van der Waals surface area contributed by atoms with Crippen molar-refractivity contribution in [2.24, 2.45) is 7.05 Å². The molecule has 0 radical (unpaired) electrons. The van der Waals surface area contributed by atoms with Gasteiger partial charge >= 0.3 is 0 Å². The second-order valence-corrected chi connectivity index (χ2v) is 8.31. The summed E-state index contributed by atoms with van der Waals surface area (Å²) in [5.41, 5.74) is 4.76. The summed E-state index contributed by atoms with van der Waals surface area (Å²) < 4.78 is 22.1. The fraction of sp³-hybridized carbons (Fsp3) is 0.0833. The third-order valence-corrected chi connectivity index (χ3v) is 5.85. The molecule has 6 rings (SSSR count). The number of aromatic amines is 1. The van der Waals surface area contributed by atoms with Gasteiger partial charge in [-0.3, -0.25) is 4.68 Å². The second kappa shape index (κ2) is 7.96. The molecule has 0 amide bonds. The number of imidazole rings is 1. The van der Waals surface area contributed by atoms with Gasteiger partial charge in [-0.25, -0.2) is 14.4 Å². The number of benzene rings is 2. The highest BCUT2D eigenvalue weighted by atomic mass is 35.5. The van der Waals surface area contributed by atoms with Gasteiger partial charge in [0.15, 0.2) is 17.0 Å². The van der Waals surface area contributed by atoms with Crippen LogP contribution in [0.2, 0.25) is 5.02 Å². The summed E-state index contributed by atoms with van der Waals surface area (Å²) in [6.45, 7) is 0.237. The first kappa shape index (κ1) is 20.4. The Hall–Kier alpha value is -4.24. The largest absolute Gasteiger partial charge is 0.363 e. The van der Waals surface area contributed by atoms with Crippen LogP contribution in [-0.2, 0) is 13.6 Å². The summed E-state index contributed by atoms with van der Waals surface area (Å²) in [6.07, 6.45) is 5.26. The lowest BCUT2D eigenvalue weighted by atomic mass is 10.0. The van der Waals surface area contributed by atoms with Gasteiger partial charge in [0.25, 0.3) is 0 Å². The van der Waals surface area contributed by atoms with Crippen LogP contribution >= 0.6 is 11.6 Å². The Labute approximate surface area is 197 Å². The zero-order valence-corrected chi connectivity index (χ0v) is 18.6. The maximum Gasteiger partial charge on any atom is 0.178 e. The lowest BCUT2D eigenvalue weighted by Gasteiger charge is -2.08. The molecule has 0 aliphatic heterocycles. The molecule has 4 heterocycles. The Bertz CT molecular complexity index is 1670. The molecule has 0 unspecified atom stereocenters. The van der Waals surface area contributed by atoms with E-state index < -0.39 is 0 Å². The normalized spacial score (nSPS) is 11.5. The predicted octanol–water partition coefficient (Wildman–Crippen LogP) is 5.57. The van der Waals surface area contributed by atoms with Crippen molar-refractivity contribution in [3.8, 4) is 22.5 Å². The molecular formula is C24H17ClFN7O. The van der Waals surface area contributed by atoms with E-state index in [4.69, 9.17) is 16.1 Å². The van der Waals surface area contributed by atoms with E-state index in [1.54, 1.807) is 41.3 Å². The summed E-state index contributed by atoms with van der Waals surface area (Å²) >= 11 is 6.07. The predicted molar refractivity (Wildman–Crippen MR) is 128 cm³/mol. The van der Waals surface area contributed by atoms with Crippen LogP contribution in [0, 0.1) is 5.82 Å². The molecule has 2 aromatic carbocycles. The molecule has 34 heavy (non-hydrogen) atoms.